The van der Waals surface area contributed by atoms with Crippen LogP contribution in [0.3, 0.4) is 0 Å². The van der Waals surface area contributed by atoms with Gasteiger partial charge in [0.05, 0.1) is 11.1 Å². The molecular weight excluding hydrogens is 759 g/mol. The summed E-state index contributed by atoms with van der Waals surface area (Å²) in [5.41, 5.74) is 21.9. The number of rotatable bonds is 5. The quantitative estimate of drug-likeness (QED) is 0.158. The molecule has 1 heterocycles. The molecule has 63 heavy (non-hydrogen) atoms. The van der Waals surface area contributed by atoms with Crippen LogP contribution < -0.4 is 0 Å². The van der Waals surface area contributed by atoms with Crippen molar-refractivity contribution in [3.05, 3.63) is 259 Å². The summed E-state index contributed by atoms with van der Waals surface area (Å²) in [7, 11) is 0. The number of benzene rings is 10. The second-order valence-corrected chi connectivity index (χ2v) is 17.0. The van der Waals surface area contributed by atoms with Crippen LogP contribution >= 0.6 is 0 Å². The number of aromatic nitrogens is 1. The largest absolute Gasteiger partial charge is 0.256 e. The van der Waals surface area contributed by atoms with Crippen molar-refractivity contribution in [1.29, 1.82) is 0 Å². The Morgan fingerprint density at radius 1 is 0.254 bits per heavy atom. The van der Waals surface area contributed by atoms with Gasteiger partial charge in [0.25, 0.3) is 0 Å². The van der Waals surface area contributed by atoms with E-state index in [0.717, 1.165) is 22.4 Å². The Kier molecular flexibility index (Phi) is 7.89. The van der Waals surface area contributed by atoms with Gasteiger partial charge in [-0.3, -0.25) is 4.98 Å². The van der Waals surface area contributed by atoms with Crippen molar-refractivity contribution in [2.75, 3.05) is 0 Å². The fourth-order valence-electron chi connectivity index (χ4n) is 11.1. The number of hydrogen-bond donors (Lipinski definition) is 0. The van der Waals surface area contributed by atoms with Gasteiger partial charge in [-0.25, -0.2) is 0 Å². The van der Waals surface area contributed by atoms with Crippen LogP contribution in [-0.4, -0.2) is 4.98 Å². The predicted octanol–water partition coefficient (Wildman–Crippen LogP) is 16.1. The molecule has 0 saturated heterocycles. The maximum absolute atomic E-state index is 5.29. The standard InChI is InChI=1S/C62H39N/c1-3-17-40(18-4-1)44-35-45(41-19-5-2-6-20-41)37-46(36-44)43-32-34-59(63-39-43)61-53-26-9-7-24-51(53)60(52-25-8-10-27-54(52)61)42-31-33-50-49-23-13-16-30-57(49)62(58(50)38-42)55-28-14-11-21-47(55)48-22-12-15-29-56(48)62/h1-39H. The molecule has 0 N–H and O–H groups in total. The van der Waals surface area contributed by atoms with E-state index in [1.807, 2.05) is 0 Å². The van der Waals surface area contributed by atoms with E-state index in [-0.39, 0.29) is 0 Å². The fourth-order valence-corrected chi connectivity index (χ4v) is 11.1. The van der Waals surface area contributed by atoms with Crippen molar-refractivity contribution in [2.45, 2.75) is 5.41 Å². The molecule has 292 valence electrons. The minimum atomic E-state index is -0.408. The van der Waals surface area contributed by atoms with Crippen LogP contribution in [0.15, 0.2) is 237 Å². The molecule has 11 aromatic rings. The van der Waals surface area contributed by atoms with Gasteiger partial charge in [0.15, 0.2) is 0 Å². The molecule has 0 fully saturated rings. The summed E-state index contributed by atoms with van der Waals surface area (Å²) in [4.78, 5) is 5.29. The first-order chi connectivity index (χ1) is 31.3. The van der Waals surface area contributed by atoms with E-state index in [2.05, 4.69) is 237 Å². The van der Waals surface area contributed by atoms with Crippen molar-refractivity contribution < 1.29 is 0 Å². The van der Waals surface area contributed by atoms with E-state index >= 15 is 0 Å². The summed E-state index contributed by atoms with van der Waals surface area (Å²) in [6.07, 6.45) is 2.06. The van der Waals surface area contributed by atoms with Gasteiger partial charge in [0.1, 0.15) is 0 Å². The maximum Gasteiger partial charge on any atom is 0.0725 e. The van der Waals surface area contributed by atoms with Crippen LogP contribution in [0.5, 0.6) is 0 Å². The molecule has 1 aromatic heterocycles. The molecule has 1 nitrogen and oxygen atoms in total. The Labute approximate surface area is 367 Å². The van der Waals surface area contributed by atoms with Crippen LogP contribution in [-0.2, 0) is 5.41 Å². The van der Waals surface area contributed by atoms with Gasteiger partial charge < -0.3 is 0 Å². The lowest BCUT2D eigenvalue weighted by Gasteiger charge is -2.30. The highest BCUT2D eigenvalue weighted by Crippen LogP contribution is 2.63. The van der Waals surface area contributed by atoms with E-state index in [1.165, 1.54) is 99.4 Å². The Bertz CT molecular complexity index is 3420. The number of hydrogen-bond acceptors (Lipinski definition) is 1. The SMILES string of the molecule is c1ccc(-c2cc(-c3ccccc3)cc(-c3ccc(-c4c5ccccc5c(-c5ccc6c(c5)C5(c7ccccc7-c7ccccc75)c5ccccc5-6)c5ccccc45)nc3)c2)cc1. The first-order valence-electron chi connectivity index (χ1n) is 21.9. The smallest absolute Gasteiger partial charge is 0.0725 e. The van der Waals surface area contributed by atoms with Crippen molar-refractivity contribution in [3.8, 4) is 78.0 Å². The highest BCUT2D eigenvalue weighted by Gasteiger charge is 2.51. The molecule has 0 atom stereocenters. The van der Waals surface area contributed by atoms with E-state index in [0.29, 0.717) is 0 Å². The molecule has 0 amide bonds. The predicted molar refractivity (Wildman–Crippen MR) is 263 cm³/mol. The third kappa shape index (κ3) is 5.27. The monoisotopic (exact) mass is 797 g/mol. The minimum Gasteiger partial charge on any atom is -0.256 e. The van der Waals surface area contributed by atoms with Crippen molar-refractivity contribution in [2.24, 2.45) is 0 Å². The molecule has 0 bridgehead atoms. The number of nitrogens with zero attached hydrogens (tertiary/aromatic N) is 1. The highest BCUT2D eigenvalue weighted by molar-refractivity contribution is 6.21. The van der Waals surface area contributed by atoms with Gasteiger partial charge in [-0.05, 0) is 135 Å². The zero-order valence-corrected chi connectivity index (χ0v) is 34.5. The van der Waals surface area contributed by atoms with E-state index in [9.17, 15) is 0 Å². The van der Waals surface area contributed by atoms with Crippen LogP contribution in [0.25, 0.3) is 99.6 Å². The molecule has 0 radical (unpaired) electrons. The van der Waals surface area contributed by atoms with Crippen molar-refractivity contribution in [3.63, 3.8) is 0 Å². The molecule has 2 aliphatic rings. The van der Waals surface area contributed by atoms with E-state index in [4.69, 9.17) is 4.98 Å². The van der Waals surface area contributed by atoms with E-state index in [1.54, 1.807) is 0 Å². The molecule has 1 heteroatoms. The molecule has 0 saturated carbocycles. The van der Waals surface area contributed by atoms with Gasteiger partial charge in [-0.2, -0.15) is 0 Å². The van der Waals surface area contributed by atoms with Gasteiger partial charge in [0, 0.05) is 17.3 Å². The molecule has 10 aromatic carbocycles. The second-order valence-electron chi connectivity index (χ2n) is 17.0. The van der Waals surface area contributed by atoms with Crippen LogP contribution in [0, 0.1) is 0 Å². The van der Waals surface area contributed by atoms with Crippen molar-refractivity contribution >= 4 is 21.5 Å². The Balaban J connectivity index is 0.989. The van der Waals surface area contributed by atoms with Crippen LogP contribution in [0.1, 0.15) is 22.3 Å². The van der Waals surface area contributed by atoms with Gasteiger partial charge in [0.2, 0.25) is 0 Å². The number of pyridine rings is 1. The average Bonchev–Trinajstić information content (AvgIpc) is 3.83. The summed E-state index contributed by atoms with van der Waals surface area (Å²) >= 11 is 0. The first-order valence-corrected chi connectivity index (χ1v) is 21.9. The summed E-state index contributed by atoms with van der Waals surface area (Å²) in [6.45, 7) is 0. The van der Waals surface area contributed by atoms with Crippen molar-refractivity contribution in [1.82, 2.24) is 4.98 Å². The molecule has 13 rings (SSSR count). The molecule has 1 spiro atoms. The normalized spacial score (nSPS) is 12.9. The van der Waals surface area contributed by atoms with Crippen LogP contribution in [0.2, 0.25) is 0 Å². The van der Waals surface area contributed by atoms with Gasteiger partial charge in [-0.15, -0.1) is 0 Å². The summed E-state index contributed by atoms with van der Waals surface area (Å²) in [6, 6.07) is 84.9. The zero-order valence-electron chi connectivity index (χ0n) is 34.5. The fraction of sp³-hybridized carbons (Fsp3) is 0.0161. The van der Waals surface area contributed by atoms with Gasteiger partial charge in [-0.1, -0.05) is 200 Å². The zero-order chi connectivity index (χ0) is 41.5. The highest BCUT2D eigenvalue weighted by atomic mass is 14.7. The lowest BCUT2D eigenvalue weighted by molar-refractivity contribution is 0.794. The topological polar surface area (TPSA) is 12.9 Å². The molecule has 2 aliphatic carbocycles. The summed E-state index contributed by atoms with van der Waals surface area (Å²) < 4.78 is 0. The average molecular weight is 798 g/mol. The molecular formula is C62H39N. The lowest BCUT2D eigenvalue weighted by atomic mass is 9.70. The third-order valence-electron chi connectivity index (χ3n) is 13.7. The molecule has 0 aliphatic heterocycles. The number of fused-ring (bicyclic) bond motifs is 12. The minimum absolute atomic E-state index is 0.408. The van der Waals surface area contributed by atoms with E-state index < -0.39 is 5.41 Å². The molecule has 0 unspecified atom stereocenters. The Morgan fingerprint density at radius 3 is 1.13 bits per heavy atom. The lowest BCUT2D eigenvalue weighted by Crippen LogP contribution is -2.25. The summed E-state index contributed by atoms with van der Waals surface area (Å²) in [5.74, 6) is 0. The third-order valence-corrected chi connectivity index (χ3v) is 13.7. The second kappa shape index (κ2) is 14.0. The Hall–Kier alpha value is -8.13. The van der Waals surface area contributed by atoms with Gasteiger partial charge >= 0.3 is 0 Å². The maximum atomic E-state index is 5.29. The van der Waals surface area contributed by atoms with Crippen LogP contribution in [0.4, 0.5) is 0 Å². The first kappa shape index (κ1) is 35.6. The Morgan fingerprint density at radius 2 is 0.651 bits per heavy atom. The summed E-state index contributed by atoms with van der Waals surface area (Å²) in [5, 5.41) is 4.83.